The van der Waals surface area contributed by atoms with Crippen LogP contribution < -0.4 is 14.8 Å². The van der Waals surface area contributed by atoms with E-state index in [1.54, 1.807) is 18.4 Å². The van der Waals surface area contributed by atoms with Crippen LogP contribution in [-0.4, -0.2) is 13.7 Å². The quantitative estimate of drug-likeness (QED) is 0.668. The van der Waals surface area contributed by atoms with E-state index in [2.05, 4.69) is 40.3 Å². The van der Waals surface area contributed by atoms with E-state index in [1.807, 2.05) is 19.1 Å². The molecule has 0 spiro atoms. The van der Waals surface area contributed by atoms with E-state index in [-0.39, 0.29) is 6.04 Å². The first-order valence-corrected chi connectivity index (χ1v) is 9.01. The molecule has 2 aromatic rings. The largest absolute Gasteiger partial charge is 0.493 e. The number of ether oxygens (including phenoxy) is 2. The number of hydrogen-bond acceptors (Lipinski definition) is 4. The van der Waals surface area contributed by atoms with Crippen LogP contribution in [0, 0.1) is 0 Å². The molecular weight excluding hydrogens is 386 g/mol. The van der Waals surface area contributed by atoms with Crippen LogP contribution in [0.5, 0.6) is 11.5 Å². The third-order valence-electron chi connectivity index (χ3n) is 3.21. The van der Waals surface area contributed by atoms with Gasteiger partial charge in [-0.05, 0) is 59.6 Å². The highest BCUT2D eigenvalue weighted by Crippen LogP contribution is 2.37. The van der Waals surface area contributed by atoms with Gasteiger partial charge in [-0.1, -0.05) is 11.6 Å². The third-order valence-corrected chi connectivity index (χ3v) is 5.21. The summed E-state index contributed by atoms with van der Waals surface area (Å²) in [5.74, 6) is 1.48. The van der Waals surface area contributed by atoms with Crippen LogP contribution in [-0.2, 0) is 6.54 Å². The fraction of sp³-hybridized carbons (Fsp3) is 0.375. The van der Waals surface area contributed by atoms with Crippen LogP contribution in [0.3, 0.4) is 0 Å². The number of rotatable bonds is 7. The zero-order chi connectivity index (χ0) is 16.1. The molecule has 1 unspecified atom stereocenters. The molecule has 0 radical (unpaired) electrons. The van der Waals surface area contributed by atoms with E-state index in [1.165, 1.54) is 4.88 Å². The molecule has 2 rings (SSSR count). The van der Waals surface area contributed by atoms with Gasteiger partial charge in [0, 0.05) is 17.5 Å². The van der Waals surface area contributed by atoms with Crippen molar-refractivity contribution in [3.8, 4) is 11.5 Å². The Morgan fingerprint density at radius 1 is 1.36 bits per heavy atom. The summed E-state index contributed by atoms with van der Waals surface area (Å²) in [6.07, 6.45) is 0. The summed E-state index contributed by atoms with van der Waals surface area (Å²) in [5, 5.41) is 3.49. The second-order valence-corrected chi connectivity index (χ2v) is 7.39. The summed E-state index contributed by atoms with van der Waals surface area (Å²) in [5.41, 5.74) is 1.13. The standard InChI is InChI=1S/C16H19BrClNO2S/c1-4-21-16-12(17)7-11(8-13(16)20-3)9-19-10(2)14-5-6-15(18)22-14/h5-8,10,19H,4,9H2,1-3H3. The Kier molecular flexibility index (Phi) is 6.56. The molecule has 0 amide bonds. The molecule has 0 bridgehead atoms. The number of benzene rings is 1. The lowest BCUT2D eigenvalue weighted by atomic mass is 10.2. The van der Waals surface area contributed by atoms with Crippen molar-refractivity contribution < 1.29 is 9.47 Å². The first kappa shape index (κ1) is 17.6. The highest BCUT2D eigenvalue weighted by Gasteiger charge is 2.13. The van der Waals surface area contributed by atoms with E-state index in [4.69, 9.17) is 21.1 Å². The molecule has 1 aromatic heterocycles. The predicted octanol–water partition coefficient (Wildman–Crippen LogP) is 5.42. The first-order chi connectivity index (χ1) is 10.5. The maximum atomic E-state index is 5.98. The summed E-state index contributed by atoms with van der Waals surface area (Å²) in [6.45, 7) is 5.42. The Labute approximate surface area is 148 Å². The number of halogens is 2. The van der Waals surface area contributed by atoms with E-state index in [9.17, 15) is 0 Å². The van der Waals surface area contributed by atoms with Crippen LogP contribution >= 0.6 is 38.9 Å². The number of methoxy groups -OCH3 is 1. The summed E-state index contributed by atoms with van der Waals surface area (Å²) in [6, 6.07) is 8.27. The van der Waals surface area contributed by atoms with Gasteiger partial charge in [-0.2, -0.15) is 0 Å². The fourth-order valence-electron chi connectivity index (χ4n) is 2.09. The van der Waals surface area contributed by atoms with Crippen LogP contribution in [0.15, 0.2) is 28.7 Å². The van der Waals surface area contributed by atoms with E-state index in [0.717, 1.165) is 32.4 Å². The van der Waals surface area contributed by atoms with E-state index in [0.29, 0.717) is 6.61 Å². The minimum atomic E-state index is 0.244. The number of nitrogens with one attached hydrogen (secondary N) is 1. The van der Waals surface area contributed by atoms with Crippen LogP contribution in [0.1, 0.15) is 30.3 Å². The zero-order valence-electron chi connectivity index (χ0n) is 12.8. The summed E-state index contributed by atoms with van der Waals surface area (Å²) < 4.78 is 12.7. The lowest BCUT2D eigenvalue weighted by Gasteiger charge is -2.16. The molecule has 6 heteroatoms. The first-order valence-electron chi connectivity index (χ1n) is 7.03. The van der Waals surface area contributed by atoms with Gasteiger partial charge in [0.1, 0.15) is 0 Å². The van der Waals surface area contributed by atoms with Crippen molar-refractivity contribution in [1.82, 2.24) is 5.32 Å². The molecule has 0 aliphatic heterocycles. The van der Waals surface area contributed by atoms with Gasteiger partial charge in [0.2, 0.25) is 0 Å². The minimum absolute atomic E-state index is 0.244. The highest BCUT2D eigenvalue weighted by molar-refractivity contribution is 9.10. The van der Waals surface area contributed by atoms with Crippen molar-refractivity contribution in [3.63, 3.8) is 0 Å². The molecule has 120 valence electrons. The third kappa shape index (κ3) is 4.38. The minimum Gasteiger partial charge on any atom is -0.493 e. The highest BCUT2D eigenvalue weighted by atomic mass is 79.9. The van der Waals surface area contributed by atoms with Crippen molar-refractivity contribution in [2.45, 2.75) is 26.4 Å². The number of hydrogen-bond donors (Lipinski definition) is 1. The molecule has 1 atom stereocenters. The Balaban J connectivity index is 2.08. The second-order valence-electron chi connectivity index (χ2n) is 4.79. The van der Waals surface area contributed by atoms with Gasteiger partial charge in [0.05, 0.1) is 22.5 Å². The maximum absolute atomic E-state index is 5.98. The summed E-state index contributed by atoms with van der Waals surface area (Å²) in [7, 11) is 1.65. The molecule has 1 heterocycles. The molecule has 0 aliphatic rings. The normalized spacial score (nSPS) is 12.2. The average molecular weight is 405 g/mol. The lowest BCUT2D eigenvalue weighted by molar-refractivity contribution is 0.308. The Bertz CT molecular complexity index is 633. The average Bonchev–Trinajstić information content (AvgIpc) is 2.93. The SMILES string of the molecule is CCOc1c(Br)cc(CNC(C)c2ccc(Cl)s2)cc1OC. The van der Waals surface area contributed by atoms with Crippen LogP contribution in [0.4, 0.5) is 0 Å². The van der Waals surface area contributed by atoms with Gasteiger partial charge in [-0.15, -0.1) is 11.3 Å². The Morgan fingerprint density at radius 2 is 2.14 bits per heavy atom. The Morgan fingerprint density at radius 3 is 2.73 bits per heavy atom. The summed E-state index contributed by atoms with van der Waals surface area (Å²) >= 11 is 11.1. The smallest absolute Gasteiger partial charge is 0.175 e. The molecular formula is C16H19BrClNO2S. The molecule has 22 heavy (non-hydrogen) atoms. The van der Waals surface area contributed by atoms with Gasteiger partial charge < -0.3 is 14.8 Å². The topological polar surface area (TPSA) is 30.5 Å². The van der Waals surface area contributed by atoms with Crippen molar-refractivity contribution in [2.75, 3.05) is 13.7 Å². The van der Waals surface area contributed by atoms with Gasteiger partial charge in [0.25, 0.3) is 0 Å². The Hall–Kier alpha value is -0.750. The molecule has 3 nitrogen and oxygen atoms in total. The van der Waals surface area contributed by atoms with Crippen molar-refractivity contribution in [3.05, 3.63) is 43.5 Å². The van der Waals surface area contributed by atoms with Crippen LogP contribution in [0.2, 0.25) is 4.34 Å². The van der Waals surface area contributed by atoms with Crippen molar-refractivity contribution >= 4 is 38.9 Å². The molecule has 0 aliphatic carbocycles. The zero-order valence-corrected chi connectivity index (χ0v) is 15.9. The van der Waals surface area contributed by atoms with Gasteiger partial charge in [-0.25, -0.2) is 0 Å². The van der Waals surface area contributed by atoms with Crippen molar-refractivity contribution in [1.29, 1.82) is 0 Å². The van der Waals surface area contributed by atoms with Gasteiger partial charge >= 0.3 is 0 Å². The van der Waals surface area contributed by atoms with E-state index >= 15 is 0 Å². The molecule has 1 aromatic carbocycles. The van der Waals surface area contributed by atoms with Gasteiger partial charge in [0.15, 0.2) is 11.5 Å². The lowest BCUT2D eigenvalue weighted by Crippen LogP contribution is -2.17. The molecule has 0 saturated heterocycles. The molecule has 1 N–H and O–H groups in total. The van der Waals surface area contributed by atoms with Crippen molar-refractivity contribution in [2.24, 2.45) is 0 Å². The second kappa shape index (κ2) is 8.20. The molecule has 0 saturated carbocycles. The monoisotopic (exact) mass is 403 g/mol. The maximum Gasteiger partial charge on any atom is 0.175 e. The molecule has 0 fully saturated rings. The predicted molar refractivity (Wildman–Crippen MR) is 96.4 cm³/mol. The van der Waals surface area contributed by atoms with Gasteiger partial charge in [-0.3, -0.25) is 0 Å². The van der Waals surface area contributed by atoms with E-state index < -0.39 is 0 Å². The number of thiophene rings is 1. The van der Waals surface area contributed by atoms with Crippen LogP contribution in [0.25, 0.3) is 0 Å². The summed E-state index contributed by atoms with van der Waals surface area (Å²) in [4.78, 5) is 1.22. The fourth-order valence-corrected chi connectivity index (χ4v) is 3.78.